The highest BCUT2D eigenvalue weighted by Crippen LogP contribution is 2.33. The number of fused-ring (bicyclic) bond motifs is 2. The van der Waals surface area contributed by atoms with Crippen LogP contribution in [0.3, 0.4) is 0 Å². The van der Waals surface area contributed by atoms with E-state index in [-0.39, 0.29) is 31.0 Å². The van der Waals surface area contributed by atoms with E-state index >= 15 is 0 Å². The van der Waals surface area contributed by atoms with Crippen molar-refractivity contribution in [3.05, 3.63) is 36.0 Å². The molecule has 44 heavy (non-hydrogen) atoms. The number of ether oxygens (including phenoxy) is 3. The van der Waals surface area contributed by atoms with E-state index in [2.05, 4.69) is 25.3 Å². The summed E-state index contributed by atoms with van der Waals surface area (Å²) in [6.07, 6.45) is -5.08. The summed E-state index contributed by atoms with van der Waals surface area (Å²) in [5, 5.41) is 40.1. The first-order valence-electron chi connectivity index (χ1n) is 12.9. The molecule has 0 radical (unpaired) electrons. The van der Waals surface area contributed by atoms with Crippen molar-refractivity contribution in [1.82, 2.24) is 24.8 Å². The molecule has 4 rings (SSSR count). The highest BCUT2D eigenvalue weighted by atomic mass is 19.4. The fourth-order valence-corrected chi connectivity index (χ4v) is 3.91. The molecule has 0 fully saturated rings. The molecule has 2 heterocycles. The van der Waals surface area contributed by atoms with Crippen molar-refractivity contribution in [2.45, 2.75) is 13.1 Å². The number of carboxylic acid groups (broad SMARTS) is 1. The molecule has 2 aromatic carbocycles. The molecule has 0 bridgehead atoms. The van der Waals surface area contributed by atoms with E-state index in [4.69, 9.17) is 34.3 Å². The van der Waals surface area contributed by atoms with Gasteiger partial charge in [0, 0.05) is 31.1 Å². The van der Waals surface area contributed by atoms with Crippen LogP contribution < -0.4 is 19.5 Å². The highest BCUT2D eigenvalue weighted by molar-refractivity contribution is 5.87. The van der Waals surface area contributed by atoms with E-state index in [1.807, 2.05) is 17.9 Å². The van der Waals surface area contributed by atoms with Gasteiger partial charge < -0.3 is 34.6 Å². The number of carboxylic acids is 1. The Balaban J connectivity index is 0.000000676. The van der Waals surface area contributed by atoms with Crippen LogP contribution in [0.4, 0.5) is 25.1 Å². The van der Waals surface area contributed by atoms with Gasteiger partial charge in [0.2, 0.25) is 17.8 Å². The first-order chi connectivity index (χ1) is 20.9. The van der Waals surface area contributed by atoms with Crippen molar-refractivity contribution >= 4 is 39.7 Å². The molecule has 4 aromatic rings. The van der Waals surface area contributed by atoms with E-state index in [1.165, 1.54) is 0 Å². The number of benzene rings is 2. The molecule has 5 N–H and O–H groups in total. The number of alkyl halides is 3. The number of nitrogens with one attached hydrogen (secondary N) is 1. The standard InChI is InChI=1S/C25H30N6O6.C2HF3O2/c1-15-17-13-21(35-2)22(36-3)14-20(17)28-24(26-15)30-25-27-19-5-4-16(12-18(19)23(34)29-25)37-11-8-31(6-9-32)7-10-33;3-2(4,5)1(6)7/h4-5,12-14,32-33H,6-11H2,1-3H3,(H2,26,27,28,29,30,34);(H,6,7). The second-order valence-electron chi connectivity index (χ2n) is 8.97. The highest BCUT2D eigenvalue weighted by Gasteiger charge is 2.38. The van der Waals surface area contributed by atoms with Crippen molar-refractivity contribution in [2.24, 2.45) is 0 Å². The summed E-state index contributed by atoms with van der Waals surface area (Å²) >= 11 is 0. The van der Waals surface area contributed by atoms with Gasteiger partial charge in [-0.3, -0.25) is 10.2 Å². The molecule has 238 valence electrons. The van der Waals surface area contributed by atoms with E-state index in [0.29, 0.717) is 59.9 Å². The lowest BCUT2D eigenvalue weighted by atomic mass is 10.1. The van der Waals surface area contributed by atoms with Gasteiger partial charge in [-0.1, -0.05) is 0 Å². The zero-order valence-corrected chi connectivity index (χ0v) is 23.9. The van der Waals surface area contributed by atoms with Gasteiger partial charge in [-0.25, -0.2) is 19.7 Å². The summed E-state index contributed by atoms with van der Waals surface area (Å²) in [4.78, 5) is 28.4. The molecule has 2 aromatic heterocycles. The monoisotopic (exact) mass is 624 g/mol. The molecule has 0 spiro atoms. The van der Waals surface area contributed by atoms with Gasteiger partial charge in [0.1, 0.15) is 12.4 Å². The van der Waals surface area contributed by atoms with Crippen molar-refractivity contribution in [3.63, 3.8) is 0 Å². The molecule has 0 aliphatic rings. The smallest absolute Gasteiger partial charge is 0.490 e. The average molecular weight is 625 g/mol. The van der Waals surface area contributed by atoms with Crippen LogP contribution >= 0.6 is 0 Å². The number of aryl methyl sites for hydroxylation is 1. The Hall–Kier alpha value is -4.74. The number of aromatic hydroxyl groups is 1. The Morgan fingerprint density at radius 3 is 2.07 bits per heavy atom. The van der Waals surface area contributed by atoms with Gasteiger partial charge in [0.15, 0.2) is 11.5 Å². The number of methoxy groups -OCH3 is 2. The number of halogens is 3. The second-order valence-corrected chi connectivity index (χ2v) is 8.97. The number of anilines is 2. The van der Waals surface area contributed by atoms with Crippen LogP contribution in [0, 0.1) is 6.92 Å². The van der Waals surface area contributed by atoms with E-state index < -0.39 is 12.1 Å². The minimum Gasteiger partial charge on any atom is -0.493 e. The summed E-state index contributed by atoms with van der Waals surface area (Å²) in [5.41, 5.74) is 1.88. The van der Waals surface area contributed by atoms with Crippen molar-refractivity contribution in [2.75, 3.05) is 59.0 Å². The van der Waals surface area contributed by atoms with Crippen molar-refractivity contribution < 1.29 is 52.6 Å². The number of carbonyl (C=O) groups is 1. The Morgan fingerprint density at radius 2 is 1.48 bits per heavy atom. The van der Waals surface area contributed by atoms with Crippen LogP contribution in [0.15, 0.2) is 30.3 Å². The fourth-order valence-electron chi connectivity index (χ4n) is 3.91. The van der Waals surface area contributed by atoms with Gasteiger partial charge in [-0.2, -0.15) is 18.2 Å². The summed E-state index contributed by atoms with van der Waals surface area (Å²) in [6.45, 7) is 3.65. The lowest BCUT2D eigenvalue weighted by Gasteiger charge is -2.20. The first-order valence-corrected chi connectivity index (χ1v) is 12.9. The maximum Gasteiger partial charge on any atom is 0.490 e. The minimum atomic E-state index is -5.08. The maximum absolute atomic E-state index is 10.6. The van der Waals surface area contributed by atoms with Crippen LogP contribution in [0.2, 0.25) is 0 Å². The van der Waals surface area contributed by atoms with Gasteiger partial charge in [-0.15, -0.1) is 0 Å². The molecule has 14 nitrogen and oxygen atoms in total. The fraction of sp³-hybridized carbons (Fsp3) is 0.370. The molecule has 0 amide bonds. The molecular weight excluding hydrogens is 593 g/mol. The van der Waals surface area contributed by atoms with E-state index in [0.717, 1.165) is 11.1 Å². The predicted octanol–water partition coefficient (Wildman–Crippen LogP) is 2.65. The Kier molecular flexibility index (Phi) is 11.6. The normalized spacial score (nSPS) is 11.3. The largest absolute Gasteiger partial charge is 0.493 e. The second kappa shape index (κ2) is 15.1. The number of rotatable bonds is 12. The van der Waals surface area contributed by atoms with Crippen molar-refractivity contribution in [3.8, 4) is 23.1 Å². The Labute approximate surface area is 248 Å². The number of hydrogen-bond acceptors (Lipinski definition) is 13. The molecule has 17 heteroatoms. The SMILES string of the molecule is COc1cc2nc(Nc3nc(O)c4cc(OCCN(CCO)CCO)ccc4n3)nc(C)c2cc1OC.O=C(O)C(F)(F)F. The Morgan fingerprint density at radius 1 is 0.886 bits per heavy atom. The molecule has 0 aliphatic carbocycles. The number of aliphatic hydroxyl groups is 2. The third kappa shape index (κ3) is 8.88. The summed E-state index contributed by atoms with van der Waals surface area (Å²) in [7, 11) is 3.13. The van der Waals surface area contributed by atoms with E-state index in [9.17, 15) is 18.3 Å². The van der Waals surface area contributed by atoms with Gasteiger partial charge in [0.05, 0.1) is 49.5 Å². The average Bonchev–Trinajstić information content (AvgIpc) is 2.97. The number of aromatic nitrogens is 4. The molecule has 0 saturated heterocycles. The van der Waals surface area contributed by atoms with Crippen LogP contribution in [0.1, 0.15) is 5.69 Å². The lowest BCUT2D eigenvalue weighted by molar-refractivity contribution is -0.192. The molecule has 0 unspecified atom stereocenters. The van der Waals surface area contributed by atoms with E-state index in [1.54, 1.807) is 38.5 Å². The van der Waals surface area contributed by atoms with Gasteiger partial charge in [-0.05, 0) is 31.2 Å². The zero-order chi connectivity index (χ0) is 32.4. The lowest BCUT2D eigenvalue weighted by Crippen LogP contribution is -2.33. The van der Waals surface area contributed by atoms with Crippen LogP contribution in [-0.2, 0) is 4.79 Å². The summed E-state index contributed by atoms with van der Waals surface area (Å²) < 4.78 is 48.3. The molecule has 0 aliphatic heterocycles. The van der Waals surface area contributed by atoms with Gasteiger partial charge in [0.25, 0.3) is 0 Å². The molecule has 0 atom stereocenters. The predicted molar refractivity (Wildman–Crippen MR) is 152 cm³/mol. The molecule has 0 saturated carbocycles. The van der Waals surface area contributed by atoms with Gasteiger partial charge >= 0.3 is 12.1 Å². The topological polar surface area (TPSA) is 193 Å². The Bertz CT molecular complexity index is 1590. The summed E-state index contributed by atoms with van der Waals surface area (Å²) in [6, 6.07) is 8.72. The third-order valence-corrected chi connectivity index (χ3v) is 6.01. The maximum atomic E-state index is 10.6. The zero-order valence-electron chi connectivity index (χ0n) is 23.9. The first kappa shape index (κ1) is 33.8. The summed E-state index contributed by atoms with van der Waals surface area (Å²) in [5.74, 6) is -0.894. The van der Waals surface area contributed by atoms with Crippen molar-refractivity contribution in [1.29, 1.82) is 0 Å². The third-order valence-electron chi connectivity index (χ3n) is 6.01. The van der Waals surface area contributed by atoms with Crippen LogP contribution in [-0.4, -0.2) is 111 Å². The number of aliphatic carboxylic acids is 1. The molecular formula is C27H31F3N6O8. The number of nitrogens with zero attached hydrogens (tertiary/aromatic N) is 5. The minimum absolute atomic E-state index is 0.00427. The quantitative estimate of drug-likeness (QED) is 0.154. The van der Waals surface area contributed by atoms with Crippen LogP contribution in [0.25, 0.3) is 21.8 Å². The number of aliphatic hydroxyl groups excluding tert-OH is 2. The number of hydrogen-bond donors (Lipinski definition) is 5. The van der Waals surface area contributed by atoms with Crippen LogP contribution in [0.5, 0.6) is 23.1 Å².